The summed E-state index contributed by atoms with van der Waals surface area (Å²) >= 11 is 0. The summed E-state index contributed by atoms with van der Waals surface area (Å²) in [5.41, 5.74) is 2.96. The van der Waals surface area contributed by atoms with Crippen LogP contribution in [-0.2, 0) is 17.8 Å². The van der Waals surface area contributed by atoms with E-state index in [1.54, 1.807) is 17.1 Å². The van der Waals surface area contributed by atoms with Gasteiger partial charge in [-0.1, -0.05) is 0 Å². The molecule has 0 radical (unpaired) electrons. The van der Waals surface area contributed by atoms with Crippen molar-refractivity contribution in [1.29, 1.82) is 0 Å². The van der Waals surface area contributed by atoms with Crippen LogP contribution in [0.1, 0.15) is 11.3 Å². The topological polar surface area (TPSA) is 60.2 Å². The van der Waals surface area contributed by atoms with Crippen molar-refractivity contribution in [2.24, 2.45) is 0 Å². The van der Waals surface area contributed by atoms with Gasteiger partial charge >= 0.3 is 0 Å². The van der Waals surface area contributed by atoms with Gasteiger partial charge in [-0.3, -0.25) is 9.36 Å². The maximum Gasteiger partial charge on any atom is 0.225 e. The van der Waals surface area contributed by atoms with Gasteiger partial charge in [-0.15, -0.1) is 0 Å². The largest absolute Gasteiger partial charge is 0.439 e. The Bertz CT molecular complexity index is 887. The smallest absolute Gasteiger partial charge is 0.225 e. The second-order valence-electron chi connectivity index (χ2n) is 5.74. The van der Waals surface area contributed by atoms with Crippen LogP contribution in [0.2, 0.25) is 0 Å². The minimum Gasteiger partial charge on any atom is -0.439 e. The fourth-order valence-corrected chi connectivity index (χ4v) is 2.95. The van der Waals surface area contributed by atoms with E-state index in [9.17, 15) is 4.79 Å². The molecule has 1 aromatic carbocycles. The van der Waals surface area contributed by atoms with Crippen LogP contribution in [0.25, 0.3) is 10.9 Å². The summed E-state index contributed by atoms with van der Waals surface area (Å²) in [5, 5.41) is 0.956. The summed E-state index contributed by atoms with van der Waals surface area (Å²) in [7, 11) is 2.08. The van der Waals surface area contributed by atoms with Crippen molar-refractivity contribution in [2.45, 2.75) is 13.0 Å². The molecule has 3 aromatic rings. The third-order valence-electron chi connectivity index (χ3n) is 4.18. The average Bonchev–Trinajstić information content (AvgIpc) is 2.97. The van der Waals surface area contributed by atoms with Crippen molar-refractivity contribution >= 4 is 17.3 Å². The molecule has 6 heteroatoms. The van der Waals surface area contributed by atoms with Gasteiger partial charge in [0.2, 0.25) is 12.3 Å². The first-order valence-corrected chi connectivity index (χ1v) is 7.49. The first-order valence-electron chi connectivity index (χ1n) is 7.49. The number of fused-ring (bicyclic) bond motifs is 2. The Hall–Kier alpha value is -2.73. The highest BCUT2D eigenvalue weighted by Crippen LogP contribution is 2.29. The Morgan fingerprint density at radius 2 is 2.17 bits per heavy atom. The number of hydrogen-bond acceptors (Lipinski definition) is 5. The first-order chi connectivity index (χ1) is 11.2. The maximum atomic E-state index is 11.0. The van der Waals surface area contributed by atoms with E-state index in [2.05, 4.69) is 21.9 Å². The fraction of sp³-hybridized carbons (Fsp3) is 0.235. The predicted molar refractivity (Wildman–Crippen MR) is 86.2 cm³/mol. The van der Waals surface area contributed by atoms with Crippen LogP contribution >= 0.6 is 0 Å². The quantitative estimate of drug-likeness (QED) is 0.695. The summed E-state index contributed by atoms with van der Waals surface area (Å²) < 4.78 is 7.54. The number of likely N-dealkylation sites (N-methyl/N-ethyl adjacent to an activating group) is 1. The molecule has 0 fully saturated rings. The molecule has 6 nitrogen and oxygen atoms in total. The Morgan fingerprint density at radius 3 is 3.04 bits per heavy atom. The third kappa shape index (κ3) is 2.47. The highest BCUT2D eigenvalue weighted by molar-refractivity contribution is 5.86. The Morgan fingerprint density at radius 1 is 1.26 bits per heavy atom. The average molecular weight is 308 g/mol. The standard InChI is InChI=1S/C17H16N4O2/c1-20-6-5-14-15(9-20)18-10-19-17(14)23-13-2-3-16-12(8-13)4-7-21(16)11-22/h2-4,7-8,10-11H,5-6,9H2,1H3. The van der Waals surface area contributed by atoms with E-state index in [0.29, 0.717) is 11.6 Å². The molecule has 0 aliphatic carbocycles. The number of carbonyl (C=O) groups excluding carboxylic acids is 1. The molecular formula is C17H16N4O2. The van der Waals surface area contributed by atoms with Crippen LogP contribution in [0.15, 0.2) is 36.8 Å². The lowest BCUT2D eigenvalue weighted by molar-refractivity contribution is 0.301. The van der Waals surface area contributed by atoms with E-state index in [0.717, 1.165) is 48.1 Å². The van der Waals surface area contributed by atoms with Crippen LogP contribution < -0.4 is 4.74 Å². The number of rotatable bonds is 3. The maximum absolute atomic E-state index is 11.0. The van der Waals surface area contributed by atoms with E-state index in [1.165, 1.54) is 0 Å². The summed E-state index contributed by atoms with van der Waals surface area (Å²) in [4.78, 5) is 21.8. The highest BCUT2D eigenvalue weighted by atomic mass is 16.5. The van der Waals surface area contributed by atoms with Gasteiger partial charge in [0.05, 0.1) is 11.2 Å². The second-order valence-corrected chi connectivity index (χ2v) is 5.74. The van der Waals surface area contributed by atoms with Crippen molar-refractivity contribution in [2.75, 3.05) is 13.6 Å². The monoisotopic (exact) mass is 308 g/mol. The zero-order valence-electron chi connectivity index (χ0n) is 12.8. The van der Waals surface area contributed by atoms with Gasteiger partial charge in [0.15, 0.2) is 0 Å². The number of aromatic nitrogens is 3. The number of ether oxygens (including phenoxy) is 1. The lowest BCUT2D eigenvalue weighted by Gasteiger charge is -2.24. The molecule has 0 N–H and O–H groups in total. The third-order valence-corrected chi connectivity index (χ3v) is 4.18. The van der Waals surface area contributed by atoms with E-state index < -0.39 is 0 Å². The van der Waals surface area contributed by atoms with Crippen LogP contribution in [0, 0.1) is 0 Å². The Labute approximate surface area is 133 Å². The number of nitrogens with zero attached hydrogens (tertiary/aromatic N) is 4. The van der Waals surface area contributed by atoms with Crippen LogP contribution in [0.3, 0.4) is 0 Å². The Balaban J connectivity index is 1.68. The predicted octanol–water partition coefficient (Wildman–Crippen LogP) is 2.25. The van der Waals surface area contributed by atoms with Gasteiger partial charge in [-0.05, 0) is 37.7 Å². The van der Waals surface area contributed by atoms with Gasteiger partial charge in [-0.2, -0.15) is 0 Å². The molecule has 0 spiro atoms. The molecule has 0 saturated heterocycles. The van der Waals surface area contributed by atoms with Crippen LogP contribution in [0.4, 0.5) is 0 Å². The van der Waals surface area contributed by atoms with Gasteiger partial charge < -0.3 is 9.64 Å². The normalized spacial score (nSPS) is 14.7. The summed E-state index contributed by atoms with van der Waals surface area (Å²) in [6.07, 6.45) is 4.96. The lowest BCUT2D eigenvalue weighted by atomic mass is 10.1. The first kappa shape index (κ1) is 13.9. The van der Waals surface area contributed by atoms with E-state index in [4.69, 9.17) is 4.74 Å². The molecule has 0 amide bonds. The van der Waals surface area contributed by atoms with Crippen molar-refractivity contribution in [1.82, 2.24) is 19.4 Å². The van der Waals surface area contributed by atoms with E-state index in [1.807, 2.05) is 24.3 Å². The molecule has 116 valence electrons. The van der Waals surface area contributed by atoms with Gasteiger partial charge in [-0.25, -0.2) is 9.97 Å². The van der Waals surface area contributed by atoms with Crippen LogP contribution in [-0.4, -0.2) is 39.4 Å². The molecular weight excluding hydrogens is 292 g/mol. The lowest BCUT2D eigenvalue weighted by Crippen LogP contribution is -2.27. The summed E-state index contributed by atoms with van der Waals surface area (Å²) in [6, 6.07) is 7.53. The minimum absolute atomic E-state index is 0.622. The fourth-order valence-electron chi connectivity index (χ4n) is 2.95. The van der Waals surface area contributed by atoms with Gasteiger partial charge in [0.25, 0.3) is 0 Å². The van der Waals surface area contributed by atoms with E-state index in [-0.39, 0.29) is 0 Å². The zero-order chi connectivity index (χ0) is 15.8. The highest BCUT2D eigenvalue weighted by Gasteiger charge is 2.19. The molecule has 0 bridgehead atoms. The van der Waals surface area contributed by atoms with E-state index >= 15 is 0 Å². The van der Waals surface area contributed by atoms with Crippen LogP contribution in [0.5, 0.6) is 11.6 Å². The number of carbonyl (C=O) groups is 1. The molecule has 0 atom stereocenters. The summed E-state index contributed by atoms with van der Waals surface area (Å²) in [5.74, 6) is 1.33. The van der Waals surface area contributed by atoms with Crippen molar-refractivity contribution in [3.63, 3.8) is 0 Å². The molecule has 23 heavy (non-hydrogen) atoms. The molecule has 4 rings (SSSR count). The van der Waals surface area contributed by atoms with Crippen molar-refractivity contribution in [3.8, 4) is 11.6 Å². The van der Waals surface area contributed by atoms with Gasteiger partial charge in [0, 0.05) is 30.2 Å². The van der Waals surface area contributed by atoms with Crippen molar-refractivity contribution < 1.29 is 9.53 Å². The Kier molecular flexibility index (Phi) is 3.31. The molecule has 0 saturated carbocycles. The molecule has 1 aliphatic heterocycles. The number of hydrogen-bond donors (Lipinski definition) is 0. The molecule has 2 aromatic heterocycles. The summed E-state index contributed by atoms with van der Waals surface area (Å²) in [6.45, 7) is 1.79. The van der Waals surface area contributed by atoms with Gasteiger partial charge in [0.1, 0.15) is 12.1 Å². The SMILES string of the molecule is CN1CCc2c(ncnc2Oc2ccc3c(ccn3C=O)c2)C1. The molecule has 1 aliphatic rings. The number of benzene rings is 1. The second kappa shape index (κ2) is 5.48. The van der Waals surface area contributed by atoms with Crippen molar-refractivity contribution in [3.05, 3.63) is 48.0 Å². The zero-order valence-corrected chi connectivity index (χ0v) is 12.8. The molecule has 3 heterocycles. The molecule has 0 unspecified atom stereocenters. The minimum atomic E-state index is 0.622.